The zero-order valence-electron chi connectivity index (χ0n) is 11.5. The molecule has 8 heteroatoms. The van der Waals surface area contributed by atoms with Crippen LogP contribution in [0.5, 0.6) is 0 Å². The smallest absolute Gasteiger partial charge is 0.338 e. The molecule has 1 unspecified atom stereocenters. The molecule has 21 heavy (non-hydrogen) atoms. The van der Waals surface area contributed by atoms with Crippen LogP contribution in [0.3, 0.4) is 0 Å². The van der Waals surface area contributed by atoms with Crippen molar-refractivity contribution in [3.05, 3.63) is 17.0 Å². The fraction of sp³-hybridized carbons (Fsp3) is 0.462. The molecule has 0 radical (unpaired) electrons. The standard InChI is InChI=1S/C13H16N2O5S/c1-2-20-12(18)9-4-3-6-15(9)13(19)14-10-8(11(16)17)5-7-21-10/h5,7,9H,2-4,6H2,1H3,(H,14,19)(H,16,17). The Bertz CT molecular complexity index is 557. The van der Waals surface area contributed by atoms with Gasteiger partial charge in [-0.15, -0.1) is 11.3 Å². The SMILES string of the molecule is CCOC(=O)C1CCCN1C(=O)Nc1sccc1C(=O)O. The van der Waals surface area contributed by atoms with E-state index in [1.807, 2.05) is 0 Å². The predicted octanol–water partition coefficient (Wildman–Crippen LogP) is 2.01. The molecular formula is C13H16N2O5S. The Morgan fingerprint density at radius 2 is 2.29 bits per heavy atom. The highest BCUT2D eigenvalue weighted by Gasteiger charge is 2.35. The van der Waals surface area contributed by atoms with E-state index in [0.29, 0.717) is 19.4 Å². The second-order valence-electron chi connectivity index (χ2n) is 4.50. The number of anilines is 1. The first kappa shape index (κ1) is 15.3. The van der Waals surface area contributed by atoms with E-state index in [4.69, 9.17) is 9.84 Å². The largest absolute Gasteiger partial charge is 0.478 e. The van der Waals surface area contributed by atoms with Crippen molar-refractivity contribution in [1.82, 2.24) is 4.90 Å². The summed E-state index contributed by atoms with van der Waals surface area (Å²) < 4.78 is 4.95. The molecule has 1 fully saturated rings. The summed E-state index contributed by atoms with van der Waals surface area (Å²) in [4.78, 5) is 36.4. The quantitative estimate of drug-likeness (QED) is 0.829. The minimum Gasteiger partial charge on any atom is -0.478 e. The lowest BCUT2D eigenvalue weighted by atomic mass is 10.2. The maximum Gasteiger partial charge on any atom is 0.338 e. The lowest BCUT2D eigenvalue weighted by molar-refractivity contribution is -0.147. The van der Waals surface area contributed by atoms with Crippen LogP contribution in [0, 0.1) is 0 Å². The summed E-state index contributed by atoms with van der Waals surface area (Å²) in [5, 5.41) is 13.4. The van der Waals surface area contributed by atoms with Gasteiger partial charge in [0.2, 0.25) is 0 Å². The summed E-state index contributed by atoms with van der Waals surface area (Å²) in [5.41, 5.74) is 0.0419. The highest BCUT2D eigenvalue weighted by Crippen LogP contribution is 2.25. The van der Waals surface area contributed by atoms with Gasteiger partial charge in [0.15, 0.2) is 0 Å². The number of carbonyl (C=O) groups is 3. The molecule has 2 N–H and O–H groups in total. The molecule has 1 aliphatic rings. The van der Waals surface area contributed by atoms with Gasteiger partial charge in [0.1, 0.15) is 11.0 Å². The third-order valence-corrected chi connectivity index (χ3v) is 4.02. The maximum atomic E-state index is 12.2. The number of amides is 2. The fourth-order valence-corrected chi connectivity index (χ4v) is 3.01. The van der Waals surface area contributed by atoms with Crippen LogP contribution in [0.4, 0.5) is 9.80 Å². The number of nitrogens with one attached hydrogen (secondary N) is 1. The predicted molar refractivity (Wildman–Crippen MR) is 76.7 cm³/mol. The van der Waals surface area contributed by atoms with Crippen LogP contribution < -0.4 is 5.32 Å². The van der Waals surface area contributed by atoms with Gasteiger partial charge in [-0.25, -0.2) is 14.4 Å². The minimum atomic E-state index is -1.10. The Kier molecular flexibility index (Phi) is 4.79. The minimum absolute atomic E-state index is 0.0419. The number of carboxylic acids is 1. The molecule has 2 rings (SSSR count). The monoisotopic (exact) mass is 312 g/mol. The van der Waals surface area contributed by atoms with Gasteiger partial charge in [0.25, 0.3) is 0 Å². The second kappa shape index (κ2) is 6.57. The molecule has 0 bridgehead atoms. The van der Waals surface area contributed by atoms with Crippen molar-refractivity contribution < 1.29 is 24.2 Å². The molecule has 1 aromatic rings. The lowest BCUT2D eigenvalue weighted by Gasteiger charge is -2.23. The Morgan fingerprint density at radius 1 is 1.52 bits per heavy atom. The Hall–Kier alpha value is -2.09. The highest BCUT2D eigenvalue weighted by molar-refractivity contribution is 7.14. The summed E-state index contributed by atoms with van der Waals surface area (Å²) >= 11 is 1.13. The van der Waals surface area contributed by atoms with Gasteiger partial charge in [0, 0.05) is 6.54 Å². The molecule has 1 aromatic heterocycles. The first-order valence-electron chi connectivity index (χ1n) is 6.59. The average Bonchev–Trinajstić information content (AvgIpc) is 3.07. The normalized spacial score (nSPS) is 17.6. The molecule has 7 nitrogen and oxygen atoms in total. The summed E-state index contributed by atoms with van der Waals surface area (Å²) in [6.07, 6.45) is 1.27. The molecule has 1 atom stereocenters. The Balaban J connectivity index is 2.07. The highest BCUT2D eigenvalue weighted by atomic mass is 32.1. The lowest BCUT2D eigenvalue weighted by Crippen LogP contribution is -2.43. The number of ether oxygens (including phenoxy) is 1. The molecule has 1 saturated heterocycles. The first-order chi connectivity index (χ1) is 10.0. The number of likely N-dealkylation sites (tertiary alicyclic amines) is 1. The molecule has 0 aromatic carbocycles. The van der Waals surface area contributed by atoms with Crippen molar-refractivity contribution in [3.63, 3.8) is 0 Å². The van der Waals surface area contributed by atoms with Crippen molar-refractivity contribution in [2.75, 3.05) is 18.5 Å². The van der Waals surface area contributed by atoms with Crippen LogP contribution >= 0.6 is 11.3 Å². The van der Waals surface area contributed by atoms with Crippen LogP contribution in [-0.4, -0.2) is 47.2 Å². The summed E-state index contributed by atoms with van der Waals surface area (Å²) in [6, 6.07) is 0.351. The topological polar surface area (TPSA) is 95.9 Å². The van der Waals surface area contributed by atoms with Gasteiger partial charge >= 0.3 is 18.0 Å². The summed E-state index contributed by atoms with van der Waals surface area (Å²) in [5.74, 6) is -1.52. The molecular weight excluding hydrogens is 296 g/mol. The molecule has 0 spiro atoms. The van der Waals surface area contributed by atoms with Crippen molar-refractivity contribution in [2.24, 2.45) is 0 Å². The van der Waals surface area contributed by atoms with Gasteiger partial charge < -0.3 is 14.7 Å². The van der Waals surface area contributed by atoms with E-state index in [1.165, 1.54) is 11.0 Å². The number of hydrogen-bond donors (Lipinski definition) is 2. The number of carbonyl (C=O) groups excluding carboxylic acids is 2. The first-order valence-corrected chi connectivity index (χ1v) is 7.47. The third kappa shape index (κ3) is 3.33. The van der Waals surface area contributed by atoms with Gasteiger partial charge in [0.05, 0.1) is 12.2 Å². The number of esters is 1. The van der Waals surface area contributed by atoms with Crippen molar-refractivity contribution >= 4 is 34.3 Å². The van der Waals surface area contributed by atoms with Crippen LogP contribution in [0.25, 0.3) is 0 Å². The van der Waals surface area contributed by atoms with Gasteiger partial charge in [-0.1, -0.05) is 0 Å². The van der Waals surface area contributed by atoms with Gasteiger partial charge in [-0.3, -0.25) is 5.32 Å². The van der Waals surface area contributed by atoms with Gasteiger partial charge in [-0.2, -0.15) is 0 Å². The molecule has 2 heterocycles. The molecule has 114 valence electrons. The van der Waals surface area contributed by atoms with E-state index in [1.54, 1.807) is 12.3 Å². The van der Waals surface area contributed by atoms with Crippen LogP contribution in [-0.2, 0) is 9.53 Å². The number of urea groups is 1. The van der Waals surface area contributed by atoms with E-state index in [-0.39, 0.29) is 17.2 Å². The van der Waals surface area contributed by atoms with Crippen molar-refractivity contribution in [2.45, 2.75) is 25.8 Å². The number of rotatable bonds is 4. The zero-order valence-corrected chi connectivity index (χ0v) is 12.3. The molecule has 0 saturated carbocycles. The molecule has 0 aliphatic carbocycles. The number of aromatic carboxylic acids is 1. The van der Waals surface area contributed by atoms with Gasteiger partial charge in [-0.05, 0) is 31.2 Å². The van der Waals surface area contributed by atoms with E-state index in [0.717, 1.165) is 11.3 Å². The summed E-state index contributed by atoms with van der Waals surface area (Å²) in [7, 11) is 0. The van der Waals surface area contributed by atoms with E-state index in [2.05, 4.69) is 5.32 Å². The molecule has 2 amide bonds. The van der Waals surface area contributed by atoms with Crippen LogP contribution in [0.15, 0.2) is 11.4 Å². The average molecular weight is 312 g/mol. The number of hydrogen-bond acceptors (Lipinski definition) is 5. The van der Waals surface area contributed by atoms with E-state index in [9.17, 15) is 14.4 Å². The number of carboxylic acid groups (broad SMARTS) is 1. The van der Waals surface area contributed by atoms with Crippen LogP contribution in [0.1, 0.15) is 30.1 Å². The van der Waals surface area contributed by atoms with E-state index >= 15 is 0 Å². The van der Waals surface area contributed by atoms with Crippen molar-refractivity contribution in [3.8, 4) is 0 Å². The number of thiophene rings is 1. The van der Waals surface area contributed by atoms with E-state index < -0.39 is 24.0 Å². The molecule has 1 aliphatic heterocycles. The number of nitrogens with zero attached hydrogens (tertiary/aromatic N) is 1. The zero-order chi connectivity index (χ0) is 15.4. The third-order valence-electron chi connectivity index (χ3n) is 3.19. The van der Waals surface area contributed by atoms with Crippen LogP contribution in [0.2, 0.25) is 0 Å². The Labute approximate surface area is 125 Å². The van der Waals surface area contributed by atoms with Crippen molar-refractivity contribution in [1.29, 1.82) is 0 Å². The fourth-order valence-electron chi connectivity index (χ4n) is 2.24. The summed E-state index contributed by atoms with van der Waals surface area (Å²) in [6.45, 7) is 2.42. The second-order valence-corrected chi connectivity index (χ2v) is 5.42. The Morgan fingerprint density at radius 3 is 2.95 bits per heavy atom. The maximum absolute atomic E-state index is 12.2.